The van der Waals surface area contributed by atoms with Crippen LogP contribution >= 0.6 is 12.4 Å². The van der Waals surface area contributed by atoms with Gasteiger partial charge < -0.3 is 5.32 Å². The Labute approximate surface area is 151 Å². The maximum Gasteiger partial charge on any atom is 0.0727 e. The second-order valence-corrected chi connectivity index (χ2v) is 7.62. The van der Waals surface area contributed by atoms with E-state index >= 15 is 0 Å². The molecule has 1 aliphatic heterocycles. The normalized spacial score (nSPS) is 19.1. The van der Waals surface area contributed by atoms with Crippen LogP contribution in [0, 0.1) is 0 Å². The molecule has 2 heterocycles. The second-order valence-electron chi connectivity index (χ2n) is 7.62. The van der Waals surface area contributed by atoms with Gasteiger partial charge in [0.15, 0.2) is 0 Å². The van der Waals surface area contributed by atoms with Gasteiger partial charge in [-0.2, -0.15) is 5.10 Å². The maximum atomic E-state index is 4.91. The van der Waals surface area contributed by atoms with Crippen LogP contribution in [0.2, 0.25) is 0 Å². The fourth-order valence-electron chi connectivity index (χ4n) is 3.27. The van der Waals surface area contributed by atoms with Gasteiger partial charge in [0.1, 0.15) is 0 Å². The summed E-state index contributed by atoms with van der Waals surface area (Å²) in [5.74, 6) is 0. The highest BCUT2D eigenvalue weighted by molar-refractivity contribution is 5.85. The average Bonchev–Trinajstić information content (AvgIpc) is 2.92. The van der Waals surface area contributed by atoms with Crippen molar-refractivity contribution in [3.8, 4) is 5.69 Å². The number of benzene rings is 1. The Balaban J connectivity index is 0.00000208. The highest BCUT2D eigenvalue weighted by Gasteiger charge is 2.25. The number of nitrogens with zero attached hydrogens (tertiary/aromatic N) is 3. The average molecular weight is 349 g/mol. The van der Waals surface area contributed by atoms with Crippen molar-refractivity contribution in [2.75, 3.05) is 19.6 Å². The fraction of sp³-hybridized carbons (Fsp3) is 0.526. The number of para-hydroxylation sites is 1. The van der Waals surface area contributed by atoms with E-state index in [0.717, 1.165) is 31.9 Å². The third-order valence-corrected chi connectivity index (χ3v) is 4.37. The minimum atomic E-state index is 0. The van der Waals surface area contributed by atoms with Gasteiger partial charge in [0.05, 0.1) is 11.4 Å². The summed E-state index contributed by atoms with van der Waals surface area (Å²) >= 11 is 0. The van der Waals surface area contributed by atoms with Crippen LogP contribution in [0.1, 0.15) is 39.0 Å². The lowest BCUT2D eigenvalue weighted by atomic mass is 9.89. The first-order valence-electron chi connectivity index (χ1n) is 8.53. The highest BCUT2D eigenvalue weighted by atomic mass is 35.5. The van der Waals surface area contributed by atoms with Crippen molar-refractivity contribution in [3.05, 3.63) is 47.8 Å². The number of rotatable bonds is 3. The standard InChI is InChI=1S/C19H28N4.ClH/c1-15-12-22(11-10-20-15)13-16-14-23(17-8-6-5-7-9-17)21-18(16)19(2,3)4;/h5-9,14-15,20H,10-13H2,1-4H3;1H/t15-;/m1./s1. The van der Waals surface area contributed by atoms with Gasteiger partial charge in [-0.25, -0.2) is 4.68 Å². The Morgan fingerprint density at radius 3 is 2.54 bits per heavy atom. The number of aromatic nitrogens is 2. The van der Waals surface area contributed by atoms with Crippen molar-refractivity contribution in [3.63, 3.8) is 0 Å². The molecule has 3 rings (SSSR count). The summed E-state index contributed by atoms with van der Waals surface area (Å²) in [6.45, 7) is 13.2. The summed E-state index contributed by atoms with van der Waals surface area (Å²) in [7, 11) is 0. The third kappa shape index (κ3) is 4.38. The van der Waals surface area contributed by atoms with Crippen LogP contribution in [0.4, 0.5) is 0 Å². The van der Waals surface area contributed by atoms with Crippen LogP contribution in [0.5, 0.6) is 0 Å². The molecule has 1 saturated heterocycles. The zero-order chi connectivity index (χ0) is 16.4. The Hall–Kier alpha value is -1.36. The molecule has 0 amide bonds. The number of hydrogen-bond acceptors (Lipinski definition) is 3. The van der Waals surface area contributed by atoms with E-state index in [1.807, 2.05) is 10.7 Å². The quantitative estimate of drug-likeness (QED) is 0.923. The van der Waals surface area contributed by atoms with E-state index in [2.05, 4.69) is 68.4 Å². The van der Waals surface area contributed by atoms with E-state index in [1.54, 1.807) is 0 Å². The van der Waals surface area contributed by atoms with E-state index in [4.69, 9.17) is 5.10 Å². The molecule has 2 aromatic rings. The molecule has 1 N–H and O–H groups in total. The number of halogens is 1. The van der Waals surface area contributed by atoms with Crippen LogP contribution in [0.3, 0.4) is 0 Å². The summed E-state index contributed by atoms with van der Waals surface area (Å²) in [5, 5.41) is 8.42. The van der Waals surface area contributed by atoms with Gasteiger partial charge >= 0.3 is 0 Å². The predicted octanol–water partition coefficient (Wildman–Crippen LogP) is 3.39. The van der Waals surface area contributed by atoms with E-state index < -0.39 is 0 Å². The second kappa shape index (κ2) is 7.68. The van der Waals surface area contributed by atoms with Crippen molar-refractivity contribution >= 4 is 12.4 Å². The molecule has 0 bridgehead atoms. The van der Waals surface area contributed by atoms with Crippen molar-refractivity contribution in [1.82, 2.24) is 20.0 Å². The maximum absolute atomic E-state index is 4.91. The highest BCUT2D eigenvalue weighted by Crippen LogP contribution is 2.26. The summed E-state index contributed by atoms with van der Waals surface area (Å²) in [4.78, 5) is 2.53. The molecule has 24 heavy (non-hydrogen) atoms. The van der Waals surface area contributed by atoms with Gasteiger partial charge in [-0.3, -0.25) is 4.90 Å². The Bertz CT molecular complexity index is 645. The van der Waals surface area contributed by atoms with Crippen LogP contribution in [0.15, 0.2) is 36.5 Å². The lowest BCUT2D eigenvalue weighted by molar-refractivity contribution is 0.198. The monoisotopic (exact) mass is 348 g/mol. The lowest BCUT2D eigenvalue weighted by Crippen LogP contribution is -2.48. The summed E-state index contributed by atoms with van der Waals surface area (Å²) in [5.41, 5.74) is 3.72. The van der Waals surface area contributed by atoms with E-state index in [9.17, 15) is 0 Å². The topological polar surface area (TPSA) is 33.1 Å². The minimum absolute atomic E-state index is 0. The number of nitrogens with one attached hydrogen (secondary N) is 1. The molecule has 132 valence electrons. The van der Waals surface area contributed by atoms with Crippen LogP contribution in [0.25, 0.3) is 5.69 Å². The molecule has 1 aliphatic rings. The molecule has 1 aromatic carbocycles. The molecule has 1 aromatic heterocycles. The molecule has 5 heteroatoms. The Kier molecular flexibility index (Phi) is 6.07. The smallest absolute Gasteiger partial charge is 0.0727 e. The molecule has 0 radical (unpaired) electrons. The van der Waals surface area contributed by atoms with Crippen molar-refractivity contribution < 1.29 is 0 Å². The molecule has 4 nitrogen and oxygen atoms in total. The predicted molar refractivity (Wildman–Crippen MR) is 102 cm³/mol. The first kappa shape index (κ1) is 19.0. The lowest BCUT2D eigenvalue weighted by Gasteiger charge is -2.32. The van der Waals surface area contributed by atoms with Gasteiger partial charge in [0, 0.05) is 49.4 Å². The summed E-state index contributed by atoms with van der Waals surface area (Å²) in [6.07, 6.45) is 2.21. The SMILES string of the molecule is C[C@@H]1CN(Cc2cn(-c3ccccc3)nc2C(C)(C)C)CCN1.Cl. The van der Waals surface area contributed by atoms with Gasteiger partial charge in [-0.1, -0.05) is 39.0 Å². The fourth-order valence-corrected chi connectivity index (χ4v) is 3.27. The Morgan fingerprint density at radius 1 is 1.21 bits per heavy atom. The first-order valence-corrected chi connectivity index (χ1v) is 8.53. The van der Waals surface area contributed by atoms with E-state index in [1.165, 1.54) is 11.3 Å². The van der Waals surface area contributed by atoms with Crippen LogP contribution in [-0.4, -0.2) is 40.4 Å². The van der Waals surface area contributed by atoms with Gasteiger partial charge in [-0.15, -0.1) is 12.4 Å². The number of piperazine rings is 1. The third-order valence-electron chi connectivity index (χ3n) is 4.37. The molecule has 0 saturated carbocycles. The Morgan fingerprint density at radius 2 is 1.92 bits per heavy atom. The van der Waals surface area contributed by atoms with Gasteiger partial charge in [0.25, 0.3) is 0 Å². The van der Waals surface area contributed by atoms with Crippen molar-refractivity contribution in [1.29, 1.82) is 0 Å². The summed E-state index contributed by atoms with van der Waals surface area (Å²) in [6, 6.07) is 10.9. The van der Waals surface area contributed by atoms with Crippen molar-refractivity contribution in [2.45, 2.75) is 45.7 Å². The zero-order valence-electron chi connectivity index (χ0n) is 15.1. The molecular weight excluding hydrogens is 320 g/mol. The van der Waals surface area contributed by atoms with E-state index in [-0.39, 0.29) is 17.8 Å². The zero-order valence-corrected chi connectivity index (χ0v) is 15.9. The molecule has 0 spiro atoms. The van der Waals surface area contributed by atoms with Crippen LogP contribution in [-0.2, 0) is 12.0 Å². The van der Waals surface area contributed by atoms with E-state index in [0.29, 0.717) is 6.04 Å². The minimum Gasteiger partial charge on any atom is -0.312 e. The van der Waals surface area contributed by atoms with Crippen LogP contribution < -0.4 is 5.32 Å². The molecule has 0 unspecified atom stereocenters. The van der Waals surface area contributed by atoms with Crippen molar-refractivity contribution in [2.24, 2.45) is 0 Å². The molecular formula is C19H29ClN4. The molecule has 0 aliphatic carbocycles. The molecule has 1 atom stereocenters. The largest absolute Gasteiger partial charge is 0.312 e. The van der Waals surface area contributed by atoms with Gasteiger partial charge in [-0.05, 0) is 19.1 Å². The van der Waals surface area contributed by atoms with Gasteiger partial charge in [0.2, 0.25) is 0 Å². The number of hydrogen-bond donors (Lipinski definition) is 1. The molecule has 1 fully saturated rings. The summed E-state index contributed by atoms with van der Waals surface area (Å²) < 4.78 is 2.03. The first-order chi connectivity index (χ1) is 10.9.